The number of aromatic nitrogens is 3. The Hall–Kier alpha value is -2.76. The third kappa shape index (κ3) is 9.03. The van der Waals surface area contributed by atoms with Gasteiger partial charge in [0.2, 0.25) is 5.82 Å². The van der Waals surface area contributed by atoms with Crippen LogP contribution >= 0.6 is 11.8 Å². The van der Waals surface area contributed by atoms with Crippen molar-refractivity contribution in [2.24, 2.45) is 0 Å². The van der Waals surface area contributed by atoms with E-state index in [0.717, 1.165) is 27.9 Å². The lowest BCUT2D eigenvalue weighted by atomic mass is 10.1. The Balaban J connectivity index is 2.02. The average Bonchev–Trinajstić information content (AvgIpc) is 2.77. The minimum atomic E-state index is -4.36. The molecule has 0 spiro atoms. The fourth-order valence-corrected chi connectivity index (χ4v) is 4.63. The summed E-state index contributed by atoms with van der Waals surface area (Å²) >= 11 is 1.28. The summed E-state index contributed by atoms with van der Waals surface area (Å²) in [6, 6.07) is 7.72. The maximum absolute atomic E-state index is 12.8. The zero-order valence-electron chi connectivity index (χ0n) is 20.7. The van der Waals surface area contributed by atoms with Crippen LogP contribution in [0.4, 0.5) is 19.0 Å². The van der Waals surface area contributed by atoms with Crippen LogP contribution in [0.15, 0.2) is 38.8 Å². The van der Waals surface area contributed by atoms with Crippen LogP contribution in [0, 0.1) is 0 Å². The Morgan fingerprint density at radius 1 is 1.17 bits per heavy atom. The maximum Gasteiger partial charge on any atom is 0.389 e. The third-order valence-electron chi connectivity index (χ3n) is 5.50. The Bertz CT molecular complexity index is 1130. The minimum Gasteiger partial charge on any atom is -0.480 e. The fourth-order valence-electron chi connectivity index (χ4n) is 3.60. The van der Waals surface area contributed by atoms with Gasteiger partial charge in [-0.15, -0.1) is 16.9 Å². The van der Waals surface area contributed by atoms with Gasteiger partial charge in [-0.05, 0) is 63.6 Å². The molecule has 0 aliphatic heterocycles. The first-order valence-electron chi connectivity index (χ1n) is 11.9. The average molecular weight is 531 g/mol. The quantitative estimate of drug-likeness (QED) is 0.274. The zero-order valence-corrected chi connectivity index (χ0v) is 21.5. The molecule has 1 aromatic carbocycles. The van der Waals surface area contributed by atoms with Gasteiger partial charge in [0.1, 0.15) is 4.75 Å². The summed E-state index contributed by atoms with van der Waals surface area (Å²) in [7, 11) is 0. The molecule has 0 saturated carbocycles. The van der Waals surface area contributed by atoms with Crippen LogP contribution < -0.4 is 16.1 Å². The number of unbranched alkanes of at least 4 members (excludes halogenated alkanes) is 1. The summed E-state index contributed by atoms with van der Waals surface area (Å²) in [6.45, 7) is 5.91. The van der Waals surface area contributed by atoms with E-state index in [-0.39, 0.29) is 18.8 Å². The smallest absolute Gasteiger partial charge is 0.389 e. The van der Waals surface area contributed by atoms with E-state index >= 15 is 0 Å². The number of thioether (sulfide) groups is 1. The summed E-state index contributed by atoms with van der Waals surface area (Å²) in [6.07, 6.45) is -2.83. The predicted molar refractivity (Wildman–Crippen MR) is 134 cm³/mol. The van der Waals surface area contributed by atoms with Gasteiger partial charge in [-0.1, -0.05) is 19.1 Å². The molecule has 0 unspecified atom stereocenters. The standard InChI is InChI=1S/C24H33F3N4O4S/c1-4-13-30(19-20(32)31(22(35)29-28-19)15-8-12-24(25,26)27)14-6-5-9-17-10-7-11-18(16-17)36-23(2,3)21(33)34/h7,10-11,16H,4-6,8-9,12-15H2,1-3H3,(H,29,35)(H,33,34). The van der Waals surface area contributed by atoms with E-state index in [1.807, 2.05) is 31.2 Å². The highest BCUT2D eigenvalue weighted by Gasteiger charge is 2.28. The summed E-state index contributed by atoms with van der Waals surface area (Å²) in [5, 5.41) is 15.5. The van der Waals surface area contributed by atoms with Crippen molar-refractivity contribution in [1.29, 1.82) is 0 Å². The van der Waals surface area contributed by atoms with Crippen molar-refractivity contribution in [3.8, 4) is 0 Å². The number of nitrogens with zero attached hydrogens (tertiary/aromatic N) is 3. The molecule has 2 aromatic rings. The van der Waals surface area contributed by atoms with Crippen LogP contribution in [0.1, 0.15) is 58.4 Å². The van der Waals surface area contributed by atoms with Gasteiger partial charge >= 0.3 is 17.8 Å². The van der Waals surface area contributed by atoms with E-state index in [1.54, 1.807) is 18.7 Å². The molecule has 8 nitrogen and oxygen atoms in total. The van der Waals surface area contributed by atoms with Crippen molar-refractivity contribution in [3.63, 3.8) is 0 Å². The maximum atomic E-state index is 12.8. The number of benzene rings is 1. The molecule has 2 rings (SSSR count). The number of carboxylic acids is 1. The van der Waals surface area contributed by atoms with E-state index < -0.39 is 34.6 Å². The number of aromatic amines is 1. The lowest BCUT2D eigenvalue weighted by Crippen LogP contribution is -2.42. The number of halogens is 3. The third-order valence-corrected chi connectivity index (χ3v) is 6.68. The van der Waals surface area contributed by atoms with E-state index in [2.05, 4.69) is 10.2 Å². The van der Waals surface area contributed by atoms with Gasteiger partial charge in [0.05, 0.1) is 0 Å². The number of carbonyl (C=O) groups is 1. The number of H-pyrrole nitrogens is 1. The van der Waals surface area contributed by atoms with Crippen molar-refractivity contribution >= 4 is 23.5 Å². The van der Waals surface area contributed by atoms with Crippen LogP contribution in [0.25, 0.3) is 0 Å². The van der Waals surface area contributed by atoms with Crippen molar-refractivity contribution in [3.05, 3.63) is 50.7 Å². The Morgan fingerprint density at radius 2 is 1.89 bits per heavy atom. The molecule has 0 radical (unpaired) electrons. The lowest BCUT2D eigenvalue weighted by Gasteiger charge is -2.22. The van der Waals surface area contributed by atoms with Gasteiger partial charge in [-0.25, -0.2) is 9.89 Å². The molecule has 1 heterocycles. The Morgan fingerprint density at radius 3 is 2.53 bits per heavy atom. The van der Waals surface area contributed by atoms with E-state index in [9.17, 15) is 32.7 Å². The molecule has 2 N–H and O–H groups in total. The van der Waals surface area contributed by atoms with Crippen LogP contribution in [-0.4, -0.2) is 49.9 Å². The first kappa shape index (κ1) is 29.5. The molecule has 36 heavy (non-hydrogen) atoms. The van der Waals surface area contributed by atoms with Gasteiger partial charge in [-0.2, -0.15) is 13.2 Å². The molecule has 0 aliphatic rings. The first-order chi connectivity index (χ1) is 16.8. The number of carboxylic acid groups (broad SMARTS) is 1. The van der Waals surface area contributed by atoms with Gasteiger partial charge in [0.15, 0.2) is 0 Å². The zero-order chi connectivity index (χ0) is 26.9. The van der Waals surface area contributed by atoms with E-state index in [4.69, 9.17) is 0 Å². The predicted octanol–water partition coefficient (Wildman–Crippen LogP) is 4.47. The lowest BCUT2D eigenvalue weighted by molar-refractivity contribution is -0.139. The SMILES string of the molecule is CCCN(CCCCc1cccc(SC(C)(C)C(=O)O)c1)c1n[nH]c(=O)n(CCCC(F)(F)F)c1=O. The monoisotopic (exact) mass is 530 g/mol. The van der Waals surface area contributed by atoms with Gasteiger partial charge in [0.25, 0.3) is 5.56 Å². The van der Waals surface area contributed by atoms with E-state index in [1.165, 1.54) is 11.8 Å². The van der Waals surface area contributed by atoms with E-state index in [0.29, 0.717) is 25.9 Å². The molecule has 0 amide bonds. The topological polar surface area (TPSA) is 108 Å². The molecular formula is C24H33F3N4O4S. The molecule has 0 atom stereocenters. The molecule has 1 aromatic heterocycles. The molecule has 200 valence electrons. The largest absolute Gasteiger partial charge is 0.480 e. The molecule has 0 fully saturated rings. The Labute approximate surface area is 211 Å². The summed E-state index contributed by atoms with van der Waals surface area (Å²) in [5.74, 6) is -0.859. The number of hydrogen-bond donors (Lipinski definition) is 2. The van der Waals surface area contributed by atoms with Crippen molar-refractivity contribution in [1.82, 2.24) is 14.8 Å². The number of rotatable bonds is 14. The second-order valence-electron chi connectivity index (χ2n) is 9.04. The normalized spacial score (nSPS) is 12.1. The highest BCUT2D eigenvalue weighted by molar-refractivity contribution is 8.01. The Kier molecular flexibility index (Phi) is 10.6. The van der Waals surface area contributed by atoms with Crippen molar-refractivity contribution < 1.29 is 23.1 Å². The highest BCUT2D eigenvalue weighted by atomic mass is 32.2. The van der Waals surface area contributed by atoms with Crippen LogP contribution in [0.5, 0.6) is 0 Å². The molecule has 0 saturated heterocycles. The number of anilines is 1. The summed E-state index contributed by atoms with van der Waals surface area (Å²) in [4.78, 5) is 38.8. The minimum absolute atomic E-state index is 0.0257. The second-order valence-corrected chi connectivity index (χ2v) is 10.7. The molecule has 0 bridgehead atoms. The van der Waals surface area contributed by atoms with Gasteiger partial charge < -0.3 is 10.0 Å². The number of hydrogen-bond acceptors (Lipinski definition) is 6. The van der Waals surface area contributed by atoms with Crippen LogP contribution in [0.2, 0.25) is 0 Å². The molecular weight excluding hydrogens is 497 g/mol. The number of alkyl halides is 3. The first-order valence-corrected chi connectivity index (χ1v) is 12.7. The van der Waals surface area contributed by atoms with Gasteiger partial charge in [0, 0.05) is 31.0 Å². The van der Waals surface area contributed by atoms with Gasteiger partial charge in [-0.3, -0.25) is 14.2 Å². The fraction of sp³-hybridized carbons (Fsp3) is 0.583. The van der Waals surface area contributed by atoms with Crippen molar-refractivity contribution in [2.75, 3.05) is 18.0 Å². The van der Waals surface area contributed by atoms with Crippen LogP contribution in [0.3, 0.4) is 0 Å². The number of aryl methyl sites for hydroxylation is 1. The highest BCUT2D eigenvalue weighted by Crippen LogP contribution is 2.33. The van der Waals surface area contributed by atoms with Crippen LogP contribution in [-0.2, 0) is 17.8 Å². The second kappa shape index (κ2) is 13.0. The number of nitrogens with one attached hydrogen (secondary N) is 1. The molecule has 0 aliphatic carbocycles. The summed E-state index contributed by atoms with van der Waals surface area (Å²) < 4.78 is 37.2. The van der Waals surface area contributed by atoms with Crippen molar-refractivity contribution in [2.45, 2.75) is 81.7 Å². The summed E-state index contributed by atoms with van der Waals surface area (Å²) in [5.41, 5.74) is -0.455. The number of aliphatic carboxylic acids is 1. The molecule has 12 heteroatoms.